The Bertz CT molecular complexity index is 1220. The lowest BCUT2D eigenvalue weighted by atomic mass is 10.1. The van der Waals surface area contributed by atoms with Crippen LogP contribution >= 0.6 is 0 Å². The molecule has 3 aromatic carbocycles. The largest absolute Gasteiger partial charge is 0.493 e. The molecule has 184 valence electrons. The molecule has 0 heterocycles. The lowest BCUT2D eigenvalue weighted by Gasteiger charge is -2.24. The van der Waals surface area contributed by atoms with E-state index in [-0.39, 0.29) is 4.90 Å². The van der Waals surface area contributed by atoms with Crippen LogP contribution in [0.1, 0.15) is 31.9 Å². The number of rotatable bonds is 11. The zero-order valence-electron chi connectivity index (χ0n) is 20.2. The number of anilines is 1. The molecule has 1 amide bonds. The van der Waals surface area contributed by atoms with E-state index in [9.17, 15) is 13.2 Å². The molecule has 0 spiro atoms. The summed E-state index contributed by atoms with van der Waals surface area (Å²) in [4.78, 5) is 12.8. The highest BCUT2D eigenvalue weighted by molar-refractivity contribution is 7.92. The fraction of sp³-hybridized carbons (Fsp3) is 0.259. The second-order valence-electron chi connectivity index (χ2n) is 8.41. The summed E-state index contributed by atoms with van der Waals surface area (Å²) in [6.07, 6.45) is 2.32. The molecule has 0 aromatic heterocycles. The molecule has 0 saturated heterocycles. The van der Waals surface area contributed by atoms with E-state index < -0.39 is 22.5 Å². The van der Waals surface area contributed by atoms with Crippen molar-refractivity contribution in [2.24, 2.45) is 11.0 Å². The Morgan fingerprint density at radius 2 is 1.66 bits per heavy atom. The lowest BCUT2D eigenvalue weighted by molar-refractivity contribution is -0.119. The average Bonchev–Trinajstić information content (AvgIpc) is 2.87. The molecule has 0 saturated carbocycles. The van der Waals surface area contributed by atoms with Crippen molar-refractivity contribution >= 4 is 27.8 Å². The number of carbonyl (C=O) groups excluding carboxylic acids is 1. The van der Waals surface area contributed by atoms with Gasteiger partial charge in [-0.05, 0) is 72.0 Å². The van der Waals surface area contributed by atoms with E-state index in [4.69, 9.17) is 4.74 Å². The molecular weight excluding hydrogens is 462 g/mol. The van der Waals surface area contributed by atoms with E-state index in [1.165, 1.54) is 18.3 Å². The third-order valence-corrected chi connectivity index (χ3v) is 6.91. The fourth-order valence-electron chi connectivity index (χ4n) is 3.19. The molecule has 3 rings (SSSR count). The zero-order chi connectivity index (χ0) is 25.3. The quantitative estimate of drug-likeness (QED) is 0.312. The summed E-state index contributed by atoms with van der Waals surface area (Å²) in [6.45, 7) is 6.40. The van der Waals surface area contributed by atoms with E-state index in [1.54, 1.807) is 30.3 Å². The molecule has 0 unspecified atom stereocenters. The predicted octanol–water partition coefficient (Wildman–Crippen LogP) is 4.63. The van der Waals surface area contributed by atoms with Gasteiger partial charge in [0.15, 0.2) is 0 Å². The molecule has 0 aliphatic heterocycles. The van der Waals surface area contributed by atoms with Gasteiger partial charge in [-0.15, -0.1) is 0 Å². The molecule has 0 radical (unpaired) electrons. The number of sulfonamides is 1. The van der Waals surface area contributed by atoms with Crippen molar-refractivity contribution in [1.82, 2.24) is 5.43 Å². The third kappa shape index (κ3) is 7.42. The normalized spacial score (nSPS) is 11.5. The van der Waals surface area contributed by atoms with Crippen LogP contribution in [-0.2, 0) is 21.2 Å². The number of hydrogen-bond acceptors (Lipinski definition) is 5. The van der Waals surface area contributed by atoms with Gasteiger partial charge in [0.2, 0.25) is 0 Å². The van der Waals surface area contributed by atoms with Crippen molar-refractivity contribution < 1.29 is 17.9 Å². The summed E-state index contributed by atoms with van der Waals surface area (Å²) in [5.74, 6) is 0.634. The number of carbonyl (C=O) groups is 1. The molecule has 0 atom stereocenters. The summed E-state index contributed by atoms with van der Waals surface area (Å²) >= 11 is 0. The highest BCUT2D eigenvalue weighted by atomic mass is 32.2. The molecule has 8 heteroatoms. The highest BCUT2D eigenvalue weighted by Gasteiger charge is 2.27. The van der Waals surface area contributed by atoms with Gasteiger partial charge in [-0.3, -0.25) is 9.10 Å². The van der Waals surface area contributed by atoms with Crippen LogP contribution in [0.15, 0.2) is 88.9 Å². The van der Waals surface area contributed by atoms with Crippen molar-refractivity contribution in [1.29, 1.82) is 0 Å². The van der Waals surface area contributed by atoms with Gasteiger partial charge in [0.25, 0.3) is 15.9 Å². The number of ether oxygens (including phenoxy) is 1. The minimum absolute atomic E-state index is 0.107. The molecule has 3 aromatic rings. The van der Waals surface area contributed by atoms with Crippen LogP contribution in [0.25, 0.3) is 0 Å². The van der Waals surface area contributed by atoms with E-state index >= 15 is 0 Å². The van der Waals surface area contributed by atoms with Crippen LogP contribution in [0.2, 0.25) is 0 Å². The number of aryl methyl sites for hydroxylation is 1. The molecule has 0 bridgehead atoms. The van der Waals surface area contributed by atoms with Crippen LogP contribution in [0.5, 0.6) is 5.75 Å². The van der Waals surface area contributed by atoms with Gasteiger partial charge in [0.1, 0.15) is 12.3 Å². The monoisotopic (exact) mass is 493 g/mol. The van der Waals surface area contributed by atoms with Crippen LogP contribution < -0.4 is 14.5 Å². The Morgan fingerprint density at radius 3 is 2.26 bits per heavy atom. The molecular formula is C27H31N3O4S. The maximum Gasteiger partial charge on any atom is 0.264 e. The Labute approximate surface area is 207 Å². The van der Waals surface area contributed by atoms with E-state index in [0.29, 0.717) is 18.2 Å². The van der Waals surface area contributed by atoms with Crippen LogP contribution in [0.3, 0.4) is 0 Å². The fourth-order valence-corrected chi connectivity index (χ4v) is 4.63. The number of benzene rings is 3. The maximum absolute atomic E-state index is 13.3. The first-order chi connectivity index (χ1) is 16.8. The molecule has 0 aliphatic rings. The van der Waals surface area contributed by atoms with Crippen molar-refractivity contribution in [3.05, 3.63) is 90.0 Å². The standard InChI is InChI=1S/C27H31N3O4S/c1-4-22-10-14-24(15-11-22)30(35(32,33)26-8-6-5-7-9-26)19-27(31)29-28-18-23-12-16-25(17-13-23)34-20-21(2)3/h5-18,21H,4,19-20H2,1-3H3,(H,29,31)/b28-18-. The number of nitrogens with one attached hydrogen (secondary N) is 1. The predicted molar refractivity (Wildman–Crippen MR) is 139 cm³/mol. The number of hydrazone groups is 1. The zero-order valence-corrected chi connectivity index (χ0v) is 21.0. The van der Waals surface area contributed by atoms with Gasteiger partial charge in [-0.2, -0.15) is 5.10 Å². The maximum atomic E-state index is 13.3. The Kier molecular flexibility index (Phi) is 9.03. The Hall–Kier alpha value is -3.65. The second kappa shape index (κ2) is 12.2. The molecule has 0 fully saturated rings. The summed E-state index contributed by atoms with van der Waals surface area (Å²) in [5, 5.41) is 3.99. The average molecular weight is 494 g/mol. The topological polar surface area (TPSA) is 88.1 Å². The summed E-state index contributed by atoms with van der Waals surface area (Å²) in [7, 11) is -3.96. The first-order valence-corrected chi connectivity index (χ1v) is 12.9. The van der Waals surface area contributed by atoms with Crippen molar-refractivity contribution in [3.8, 4) is 5.75 Å². The van der Waals surface area contributed by atoms with E-state index in [1.807, 2.05) is 43.3 Å². The van der Waals surface area contributed by atoms with Crippen molar-refractivity contribution in [3.63, 3.8) is 0 Å². The van der Waals surface area contributed by atoms with E-state index in [2.05, 4.69) is 24.4 Å². The third-order valence-electron chi connectivity index (χ3n) is 5.12. The lowest BCUT2D eigenvalue weighted by Crippen LogP contribution is -2.39. The number of hydrogen-bond donors (Lipinski definition) is 1. The van der Waals surface area contributed by atoms with E-state index in [0.717, 1.165) is 27.6 Å². The second-order valence-corrected chi connectivity index (χ2v) is 10.3. The summed E-state index contributed by atoms with van der Waals surface area (Å²) in [6, 6.07) is 22.5. The van der Waals surface area contributed by atoms with Crippen molar-refractivity contribution in [2.75, 3.05) is 17.5 Å². The number of nitrogens with zero attached hydrogens (tertiary/aromatic N) is 2. The van der Waals surface area contributed by atoms with Crippen LogP contribution in [0.4, 0.5) is 5.69 Å². The molecule has 1 N–H and O–H groups in total. The summed E-state index contributed by atoms with van der Waals surface area (Å²) < 4.78 is 33.4. The van der Waals surface area contributed by atoms with Crippen molar-refractivity contribution in [2.45, 2.75) is 32.1 Å². The molecule has 35 heavy (non-hydrogen) atoms. The van der Waals surface area contributed by atoms with Gasteiger partial charge >= 0.3 is 0 Å². The van der Waals surface area contributed by atoms with Gasteiger partial charge in [0.05, 0.1) is 23.4 Å². The van der Waals surface area contributed by atoms with Gasteiger partial charge in [-0.1, -0.05) is 51.1 Å². The number of amides is 1. The van der Waals surface area contributed by atoms with Crippen LogP contribution in [0, 0.1) is 5.92 Å². The molecule has 0 aliphatic carbocycles. The Morgan fingerprint density at radius 1 is 1.00 bits per heavy atom. The SMILES string of the molecule is CCc1ccc(N(CC(=O)N/N=C\c2ccc(OCC(C)C)cc2)S(=O)(=O)c2ccccc2)cc1. The smallest absolute Gasteiger partial charge is 0.264 e. The highest BCUT2D eigenvalue weighted by Crippen LogP contribution is 2.24. The minimum atomic E-state index is -3.96. The summed E-state index contributed by atoms with van der Waals surface area (Å²) in [5.41, 5.74) is 4.67. The first kappa shape index (κ1) is 26.0. The van der Waals surface area contributed by atoms with Gasteiger partial charge in [-0.25, -0.2) is 13.8 Å². The van der Waals surface area contributed by atoms with Gasteiger partial charge in [0, 0.05) is 0 Å². The van der Waals surface area contributed by atoms with Crippen LogP contribution in [-0.4, -0.2) is 33.7 Å². The first-order valence-electron chi connectivity index (χ1n) is 11.5. The van der Waals surface area contributed by atoms with Gasteiger partial charge < -0.3 is 4.74 Å². The minimum Gasteiger partial charge on any atom is -0.493 e. The Balaban J connectivity index is 1.72. The molecule has 7 nitrogen and oxygen atoms in total.